The lowest BCUT2D eigenvalue weighted by molar-refractivity contribution is 0.0235. The monoisotopic (exact) mass is 443 g/mol. The summed E-state index contributed by atoms with van der Waals surface area (Å²) in [6.07, 6.45) is 9.22. The highest BCUT2D eigenvalue weighted by atomic mass is 16.5. The first-order valence-electron chi connectivity index (χ1n) is 12.3. The van der Waals surface area contributed by atoms with E-state index in [1.807, 2.05) is 18.3 Å². The highest BCUT2D eigenvalue weighted by molar-refractivity contribution is 5.66. The van der Waals surface area contributed by atoms with Crippen LogP contribution in [0.5, 0.6) is 0 Å². The summed E-state index contributed by atoms with van der Waals surface area (Å²) in [5.41, 5.74) is 4.33. The maximum absolute atomic E-state index is 5.59. The van der Waals surface area contributed by atoms with E-state index in [-0.39, 0.29) is 0 Å². The third-order valence-electron chi connectivity index (χ3n) is 6.89. The first kappa shape index (κ1) is 22.0. The molecule has 2 aliphatic heterocycles. The summed E-state index contributed by atoms with van der Waals surface area (Å²) in [6, 6.07) is 15.1. The zero-order valence-electron chi connectivity index (χ0n) is 19.4. The average Bonchev–Trinajstić information content (AvgIpc) is 2.90. The van der Waals surface area contributed by atoms with E-state index in [1.165, 1.54) is 18.5 Å². The van der Waals surface area contributed by atoms with Crippen LogP contribution < -0.4 is 5.32 Å². The number of hydrogen-bond acceptors (Lipinski definition) is 6. The predicted octanol–water partition coefficient (Wildman–Crippen LogP) is 5.20. The molecule has 33 heavy (non-hydrogen) atoms. The number of anilines is 2. The molecule has 1 N–H and O–H groups in total. The third kappa shape index (κ3) is 5.23. The van der Waals surface area contributed by atoms with Crippen LogP contribution >= 0.6 is 0 Å². The van der Waals surface area contributed by atoms with Crippen molar-refractivity contribution in [1.29, 1.82) is 0 Å². The molecule has 0 radical (unpaired) electrons. The molecule has 0 bridgehead atoms. The van der Waals surface area contributed by atoms with E-state index >= 15 is 0 Å². The molecule has 0 aliphatic carbocycles. The first-order chi connectivity index (χ1) is 16.3. The van der Waals surface area contributed by atoms with Gasteiger partial charge in [-0.05, 0) is 62.4 Å². The Kier molecular flexibility index (Phi) is 6.93. The number of piperidine rings is 1. The van der Waals surface area contributed by atoms with Crippen LogP contribution in [-0.2, 0) is 11.2 Å². The molecule has 6 heteroatoms. The van der Waals surface area contributed by atoms with Crippen molar-refractivity contribution in [3.63, 3.8) is 0 Å². The zero-order chi connectivity index (χ0) is 22.5. The zero-order valence-corrected chi connectivity index (χ0v) is 19.4. The lowest BCUT2D eigenvalue weighted by atomic mass is 9.94. The van der Waals surface area contributed by atoms with Crippen LogP contribution in [0, 0.1) is 0 Å². The number of nitrogens with zero attached hydrogens (tertiary/aromatic N) is 4. The number of nitrogens with one attached hydrogen (secondary N) is 1. The minimum absolute atomic E-state index is 0.334. The highest BCUT2D eigenvalue weighted by Crippen LogP contribution is 2.31. The quantitative estimate of drug-likeness (QED) is 0.565. The predicted molar refractivity (Wildman–Crippen MR) is 132 cm³/mol. The summed E-state index contributed by atoms with van der Waals surface area (Å²) in [7, 11) is 0. The molecule has 1 aromatic carbocycles. The van der Waals surface area contributed by atoms with Gasteiger partial charge in [0.05, 0.1) is 5.69 Å². The van der Waals surface area contributed by atoms with Crippen molar-refractivity contribution >= 4 is 11.5 Å². The van der Waals surface area contributed by atoms with Gasteiger partial charge in [-0.2, -0.15) is 0 Å². The Labute approximate surface area is 196 Å². The minimum Gasteiger partial charge on any atom is -0.381 e. The fourth-order valence-corrected chi connectivity index (χ4v) is 5.06. The summed E-state index contributed by atoms with van der Waals surface area (Å²) in [5, 5.41) is 3.59. The molecule has 2 aromatic heterocycles. The summed E-state index contributed by atoms with van der Waals surface area (Å²) < 4.78 is 5.59. The van der Waals surface area contributed by atoms with Gasteiger partial charge in [0.15, 0.2) is 0 Å². The van der Waals surface area contributed by atoms with Crippen LogP contribution in [0.15, 0.2) is 54.9 Å². The van der Waals surface area contributed by atoms with Crippen LogP contribution in [0.1, 0.15) is 49.9 Å². The molecule has 1 atom stereocenters. The third-order valence-corrected chi connectivity index (χ3v) is 6.89. The van der Waals surface area contributed by atoms with E-state index in [0.717, 1.165) is 74.0 Å². The van der Waals surface area contributed by atoms with E-state index in [2.05, 4.69) is 52.5 Å². The molecule has 2 fully saturated rings. The van der Waals surface area contributed by atoms with E-state index in [0.29, 0.717) is 12.0 Å². The second kappa shape index (κ2) is 10.4. The number of hydrogen-bond donors (Lipinski definition) is 1. The fraction of sp³-hybridized carbons (Fsp3) is 0.444. The number of aromatic nitrogens is 3. The lowest BCUT2D eigenvalue weighted by Crippen LogP contribution is -2.44. The molecule has 172 valence electrons. The molecule has 2 saturated heterocycles. The number of likely N-dealkylation sites (tertiary alicyclic amines) is 1. The van der Waals surface area contributed by atoms with Crippen LogP contribution in [0.25, 0.3) is 11.3 Å². The summed E-state index contributed by atoms with van der Waals surface area (Å²) in [5.74, 6) is 2.12. The van der Waals surface area contributed by atoms with Crippen molar-refractivity contribution in [1.82, 2.24) is 19.9 Å². The van der Waals surface area contributed by atoms with Crippen LogP contribution in [0.3, 0.4) is 0 Å². The van der Waals surface area contributed by atoms with E-state index in [1.54, 1.807) is 6.20 Å². The van der Waals surface area contributed by atoms with Crippen LogP contribution in [0.2, 0.25) is 0 Å². The van der Waals surface area contributed by atoms with Gasteiger partial charge in [0.1, 0.15) is 11.6 Å². The average molecular weight is 444 g/mol. The van der Waals surface area contributed by atoms with E-state index in [9.17, 15) is 0 Å². The van der Waals surface area contributed by atoms with Crippen molar-refractivity contribution in [2.45, 2.75) is 51.0 Å². The molecular weight excluding hydrogens is 410 g/mol. The second-order valence-electron chi connectivity index (χ2n) is 9.05. The molecule has 0 spiro atoms. The van der Waals surface area contributed by atoms with Gasteiger partial charge in [-0.1, -0.05) is 25.1 Å². The largest absolute Gasteiger partial charge is 0.381 e. The van der Waals surface area contributed by atoms with Gasteiger partial charge >= 0.3 is 0 Å². The van der Waals surface area contributed by atoms with E-state index < -0.39 is 0 Å². The smallest absolute Gasteiger partial charge is 0.135 e. The Morgan fingerprint density at radius 2 is 1.94 bits per heavy atom. The Balaban J connectivity index is 1.46. The number of rotatable bonds is 6. The van der Waals surface area contributed by atoms with Crippen LogP contribution in [0.4, 0.5) is 11.5 Å². The molecule has 3 aromatic rings. The summed E-state index contributed by atoms with van der Waals surface area (Å²) in [4.78, 5) is 17.1. The molecule has 0 amide bonds. The standard InChI is InChI=1S/C27H33N5O/c1-2-20-7-3-4-10-24(20)29-26-17-25(21-8-5-13-28-18-21)30-27(31-26)22-9-6-14-32(19-22)23-11-15-33-16-12-23/h3-5,7-8,10,13,17-18,22-23H,2,6,9,11-12,14-16,19H2,1H3,(H,29,30,31). The number of para-hydroxylation sites is 1. The summed E-state index contributed by atoms with van der Waals surface area (Å²) >= 11 is 0. The van der Waals surface area contributed by atoms with Crippen molar-refractivity contribution < 1.29 is 4.74 Å². The first-order valence-corrected chi connectivity index (χ1v) is 12.3. The highest BCUT2D eigenvalue weighted by Gasteiger charge is 2.29. The summed E-state index contributed by atoms with van der Waals surface area (Å²) in [6.45, 7) is 6.12. The Morgan fingerprint density at radius 1 is 1.06 bits per heavy atom. The van der Waals surface area contributed by atoms with Gasteiger partial charge in [-0.3, -0.25) is 9.88 Å². The van der Waals surface area contributed by atoms with Gasteiger partial charge in [-0.15, -0.1) is 0 Å². The van der Waals surface area contributed by atoms with Crippen molar-refractivity contribution in [2.24, 2.45) is 0 Å². The topological polar surface area (TPSA) is 63.2 Å². The number of pyridine rings is 1. The molecule has 6 nitrogen and oxygen atoms in total. The van der Waals surface area contributed by atoms with Gasteiger partial charge < -0.3 is 10.1 Å². The number of ether oxygens (including phenoxy) is 1. The van der Waals surface area contributed by atoms with Gasteiger partial charge in [0.2, 0.25) is 0 Å². The van der Waals surface area contributed by atoms with Gasteiger partial charge in [0, 0.05) is 61.4 Å². The normalized spacial score (nSPS) is 20.0. The van der Waals surface area contributed by atoms with Crippen LogP contribution in [-0.4, -0.2) is 52.2 Å². The maximum Gasteiger partial charge on any atom is 0.135 e. The number of aryl methyl sites for hydroxylation is 1. The molecule has 4 heterocycles. The van der Waals surface area contributed by atoms with Gasteiger partial charge in [0.25, 0.3) is 0 Å². The Hall–Kier alpha value is -2.83. The van der Waals surface area contributed by atoms with Gasteiger partial charge in [-0.25, -0.2) is 9.97 Å². The van der Waals surface area contributed by atoms with Crippen molar-refractivity contribution in [3.8, 4) is 11.3 Å². The maximum atomic E-state index is 5.59. The van der Waals surface area contributed by atoms with Crippen molar-refractivity contribution in [2.75, 3.05) is 31.6 Å². The Bertz CT molecular complexity index is 1050. The second-order valence-corrected chi connectivity index (χ2v) is 9.05. The Morgan fingerprint density at radius 3 is 2.76 bits per heavy atom. The number of benzene rings is 1. The van der Waals surface area contributed by atoms with Crippen molar-refractivity contribution in [3.05, 3.63) is 66.2 Å². The molecule has 2 aliphatic rings. The SMILES string of the molecule is CCc1ccccc1Nc1cc(-c2cccnc2)nc(C2CCCN(C3CCOCC3)C2)n1. The molecular formula is C27H33N5O. The minimum atomic E-state index is 0.334. The molecule has 5 rings (SSSR count). The lowest BCUT2D eigenvalue weighted by Gasteiger charge is -2.39. The molecule has 1 unspecified atom stereocenters. The molecule has 0 saturated carbocycles. The fourth-order valence-electron chi connectivity index (χ4n) is 5.06. The van der Waals surface area contributed by atoms with E-state index in [4.69, 9.17) is 14.7 Å².